The number of carboxylic acid groups (broad SMARTS) is 1. The second kappa shape index (κ2) is 4.91. The molecule has 1 amide bonds. The van der Waals surface area contributed by atoms with Crippen molar-refractivity contribution in [2.24, 2.45) is 0 Å². The minimum Gasteiger partial charge on any atom is -0.478 e. The van der Waals surface area contributed by atoms with Gasteiger partial charge in [-0.15, -0.1) is 0 Å². The summed E-state index contributed by atoms with van der Waals surface area (Å²) >= 11 is 0. The van der Waals surface area contributed by atoms with Gasteiger partial charge in [-0.3, -0.25) is 4.79 Å². The molecular formula is C13H14N2O3. The van der Waals surface area contributed by atoms with E-state index in [0.717, 1.165) is 23.0 Å². The zero-order valence-corrected chi connectivity index (χ0v) is 10.0. The van der Waals surface area contributed by atoms with Gasteiger partial charge in [0, 0.05) is 31.0 Å². The highest BCUT2D eigenvalue weighted by Crippen LogP contribution is 2.27. The van der Waals surface area contributed by atoms with Gasteiger partial charge in [-0.1, -0.05) is 6.08 Å². The van der Waals surface area contributed by atoms with Gasteiger partial charge in [-0.2, -0.15) is 0 Å². The summed E-state index contributed by atoms with van der Waals surface area (Å²) in [5, 5.41) is 11.3. The van der Waals surface area contributed by atoms with Crippen molar-refractivity contribution >= 4 is 23.3 Å². The van der Waals surface area contributed by atoms with Crippen LogP contribution in [-0.2, 0) is 16.0 Å². The summed E-state index contributed by atoms with van der Waals surface area (Å²) in [6.07, 6.45) is 3.11. The van der Waals surface area contributed by atoms with Crippen LogP contribution in [0.1, 0.15) is 5.56 Å². The first-order valence-corrected chi connectivity index (χ1v) is 5.59. The van der Waals surface area contributed by atoms with E-state index in [1.165, 1.54) is 0 Å². The maximum atomic E-state index is 11.2. The number of nitrogens with zero attached hydrogens (tertiary/aromatic N) is 1. The first kappa shape index (κ1) is 12.2. The zero-order chi connectivity index (χ0) is 13.1. The van der Waals surface area contributed by atoms with Crippen LogP contribution in [0.15, 0.2) is 30.4 Å². The summed E-state index contributed by atoms with van der Waals surface area (Å²) in [6.45, 7) is 0.506. The summed E-state index contributed by atoms with van der Waals surface area (Å²) in [5.74, 6) is -0.942. The lowest BCUT2D eigenvalue weighted by Gasteiger charge is -2.17. The van der Waals surface area contributed by atoms with Gasteiger partial charge in [-0.05, 0) is 23.8 Å². The summed E-state index contributed by atoms with van der Waals surface area (Å²) in [6, 6.07) is 5.72. The number of aliphatic carboxylic acids is 1. The summed E-state index contributed by atoms with van der Waals surface area (Å²) in [7, 11) is 1.87. The fourth-order valence-electron chi connectivity index (χ4n) is 1.87. The molecule has 1 aliphatic rings. The van der Waals surface area contributed by atoms with Crippen molar-refractivity contribution in [3.8, 4) is 0 Å². The Labute approximate surface area is 105 Å². The van der Waals surface area contributed by atoms with Gasteiger partial charge in [0.05, 0.1) is 6.42 Å². The Hall–Kier alpha value is -2.30. The maximum Gasteiger partial charge on any atom is 0.328 e. The fraction of sp³-hybridized carbons (Fsp3) is 0.231. The molecule has 0 aliphatic carbocycles. The molecule has 0 fully saturated rings. The number of carboxylic acids is 1. The van der Waals surface area contributed by atoms with Gasteiger partial charge in [0.15, 0.2) is 0 Å². The molecule has 1 aromatic carbocycles. The number of fused-ring (bicyclic) bond motifs is 1. The molecule has 2 N–H and O–H groups in total. The quantitative estimate of drug-likeness (QED) is 0.785. The van der Waals surface area contributed by atoms with E-state index in [2.05, 4.69) is 5.32 Å². The van der Waals surface area contributed by atoms with Crippen molar-refractivity contribution in [1.82, 2.24) is 0 Å². The lowest BCUT2D eigenvalue weighted by atomic mass is 10.1. The molecule has 5 heteroatoms. The molecule has 0 bridgehead atoms. The third kappa shape index (κ3) is 2.68. The molecule has 0 atom stereocenters. The Morgan fingerprint density at radius 1 is 1.56 bits per heavy atom. The minimum absolute atomic E-state index is 0.00979. The topological polar surface area (TPSA) is 69.6 Å². The van der Waals surface area contributed by atoms with E-state index >= 15 is 0 Å². The number of amides is 1. The second-order valence-corrected chi connectivity index (χ2v) is 4.19. The number of carbonyl (C=O) groups excluding carboxylic acids is 1. The SMILES string of the molecule is CN(C/C=C/C(=O)O)c1ccc2c(c1)CC(=O)N2. The number of anilines is 2. The first-order chi connectivity index (χ1) is 8.56. The van der Waals surface area contributed by atoms with Crippen LogP contribution in [0.4, 0.5) is 11.4 Å². The van der Waals surface area contributed by atoms with Gasteiger partial charge >= 0.3 is 5.97 Å². The predicted molar refractivity (Wildman–Crippen MR) is 68.8 cm³/mol. The van der Waals surface area contributed by atoms with Crippen molar-refractivity contribution < 1.29 is 14.7 Å². The summed E-state index contributed by atoms with van der Waals surface area (Å²) in [5.41, 5.74) is 2.80. The Bertz CT molecular complexity index is 523. The van der Waals surface area contributed by atoms with Crippen molar-refractivity contribution in [1.29, 1.82) is 0 Å². The highest BCUT2D eigenvalue weighted by atomic mass is 16.4. The van der Waals surface area contributed by atoms with Crippen molar-refractivity contribution in [3.05, 3.63) is 35.9 Å². The van der Waals surface area contributed by atoms with Crippen LogP contribution in [0.5, 0.6) is 0 Å². The molecule has 0 unspecified atom stereocenters. The standard InChI is InChI=1S/C13H14N2O3/c1-15(6-2-3-13(17)18)10-4-5-11-9(7-10)8-12(16)14-11/h2-5,7H,6,8H2,1H3,(H,14,16)(H,17,18)/b3-2+. The molecule has 1 heterocycles. The van der Waals surface area contributed by atoms with Crippen LogP contribution in [0.2, 0.25) is 0 Å². The van der Waals surface area contributed by atoms with E-state index in [1.807, 2.05) is 30.1 Å². The Balaban J connectivity index is 2.08. The summed E-state index contributed by atoms with van der Waals surface area (Å²) in [4.78, 5) is 23.5. The average Bonchev–Trinajstić information content (AvgIpc) is 2.67. The van der Waals surface area contributed by atoms with Crippen molar-refractivity contribution in [2.45, 2.75) is 6.42 Å². The number of nitrogens with one attached hydrogen (secondary N) is 1. The normalized spacial score (nSPS) is 13.5. The van der Waals surface area contributed by atoms with E-state index in [9.17, 15) is 9.59 Å². The maximum absolute atomic E-state index is 11.2. The number of benzene rings is 1. The molecule has 0 spiro atoms. The lowest BCUT2D eigenvalue weighted by molar-refractivity contribution is -0.131. The lowest BCUT2D eigenvalue weighted by Crippen LogP contribution is -2.17. The predicted octanol–water partition coefficient (Wildman–Crippen LogP) is 1.26. The van der Waals surface area contributed by atoms with Gasteiger partial charge in [0.1, 0.15) is 0 Å². The average molecular weight is 246 g/mol. The first-order valence-electron chi connectivity index (χ1n) is 5.59. The molecule has 5 nitrogen and oxygen atoms in total. The highest BCUT2D eigenvalue weighted by molar-refractivity contribution is 5.99. The van der Waals surface area contributed by atoms with Crippen LogP contribution in [-0.4, -0.2) is 30.6 Å². The van der Waals surface area contributed by atoms with Crippen LogP contribution < -0.4 is 10.2 Å². The molecule has 1 aromatic rings. The third-order valence-electron chi connectivity index (χ3n) is 2.79. The van der Waals surface area contributed by atoms with E-state index in [0.29, 0.717) is 13.0 Å². The molecule has 94 valence electrons. The Kier molecular flexibility index (Phi) is 3.32. The molecule has 18 heavy (non-hydrogen) atoms. The number of rotatable bonds is 4. The van der Waals surface area contributed by atoms with Crippen molar-refractivity contribution in [2.75, 3.05) is 23.8 Å². The highest BCUT2D eigenvalue weighted by Gasteiger charge is 2.17. The molecule has 0 saturated heterocycles. The molecule has 0 radical (unpaired) electrons. The Morgan fingerprint density at radius 2 is 2.33 bits per heavy atom. The largest absolute Gasteiger partial charge is 0.478 e. The van der Waals surface area contributed by atoms with Crippen molar-refractivity contribution in [3.63, 3.8) is 0 Å². The van der Waals surface area contributed by atoms with Crippen LogP contribution >= 0.6 is 0 Å². The fourth-order valence-corrected chi connectivity index (χ4v) is 1.87. The molecule has 1 aliphatic heterocycles. The van der Waals surface area contributed by atoms with E-state index in [4.69, 9.17) is 5.11 Å². The van der Waals surface area contributed by atoms with Crippen LogP contribution in [0.25, 0.3) is 0 Å². The van der Waals surface area contributed by atoms with Crippen LogP contribution in [0.3, 0.4) is 0 Å². The van der Waals surface area contributed by atoms with Gasteiger partial charge in [0.25, 0.3) is 0 Å². The molecule has 0 saturated carbocycles. The number of likely N-dealkylation sites (N-methyl/N-ethyl adjacent to an activating group) is 1. The third-order valence-corrected chi connectivity index (χ3v) is 2.79. The number of carbonyl (C=O) groups is 2. The smallest absolute Gasteiger partial charge is 0.328 e. The second-order valence-electron chi connectivity index (χ2n) is 4.19. The molecular weight excluding hydrogens is 232 g/mol. The van der Waals surface area contributed by atoms with Crippen LogP contribution in [0, 0.1) is 0 Å². The van der Waals surface area contributed by atoms with E-state index in [1.54, 1.807) is 6.08 Å². The molecule has 2 rings (SSSR count). The summed E-state index contributed by atoms with van der Waals surface area (Å²) < 4.78 is 0. The van der Waals surface area contributed by atoms with E-state index in [-0.39, 0.29) is 5.91 Å². The number of hydrogen-bond donors (Lipinski definition) is 2. The van der Waals surface area contributed by atoms with Gasteiger partial charge in [-0.25, -0.2) is 4.79 Å². The van der Waals surface area contributed by atoms with E-state index < -0.39 is 5.97 Å². The minimum atomic E-state index is -0.952. The molecule has 0 aromatic heterocycles. The van der Waals surface area contributed by atoms with Gasteiger partial charge < -0.3 is 15.3 Å². The number of hydrogen-bond acceptors (Lipinski definition) is 3. The van der Waals surface area contributed by atoms with Gasteiger partial charge in [0.2, 0.25) is 5.91 Å². The zero-order valence-electron chi connectivity index (χ0n) is 10.0. The monoisotopic (exact) mass is 246 g/mol. The Morgan fingerprint density at radius 3 is 3.06 bits per heavy atom.